The van der Waals surface area contributed by atoms with Crippen LogP contribution in [0.1, 0.15) is 0 Å². The SMILES string of the molecule is COc1ccc2c(cnc3cc(OCC[N+]4(C)CCOCC4)ccc32)c1. The van der Waals surface area contributed by atoms with Gasteiger partial charge in [-0.25, -0.2) is 0 Å². The smallest absolute Gasteiger partial charge is 0.137 e. The van der Waals surface area contributed by atoms with Gasteiger partial charge in [-0.15, -0.1) is 0 Å². The molecule has 0 saturated carbocycles. The summed E-state index contributed by atoms with van der Waals surface area (Å²) in [6.07, 6.45) is 1.89. The van der Waals surface area contributed by atoms with Crippen LogP contribution in [0.5, 0.6) is 11.5 Å². The highest BCUT2D eigenvalue weighted by molar-refractivity contribution is 6.06. The van der Waals surface area contributed by atoms with E-state index < -0.39 is 0 Å². The number of pyridine rings is 1. The number of nitrogens with zero attached hydrogens (tertiary/aromatic N) is 2. The monoisotopic (exact) mass is 353 g/mol. The van der Waals surface area contributed by atoms with Crippen LogP contribution in [-0.2, 0) is 4.74 Å². The number of morpholine rings is 1. The van der Waals surface area contributed by atoms with Crippen molar-refractivity contribution in [3.63, 3.8) is 0 Å². The van der Waals surface area contributed by atoms with Crippen molar-refractivity contribution in [1.82, 2.24) is 4.98 Å². The molecule has 26 heavy (non-hydrogen) atoms. The maximum atomic E-state index is 6.01. The van der Waals surface area contributed by atoms with Crippen molar-refractivity contribution in [1.29, 1.82) is 0 Å². The van der Waals surface area contributed by atoms with Crippen LogP contribution in [0.3, 0.4) is 0 Å². The summed E-state index contributed by atoms with van der Waals surface area (Å²) >= 11 is 0. The predicted molar refractivity (Wildman–Crippen MR) is 103 cm³/mol. The van der Waals surface area contributed by atoms with Crippen LogP contribution in [0.2, 0.25) is 0 Å². The van der Waals surface area contributed by atoms with Crippen LogP contribution in [0, 0.1) is 0 Å². The molecule has 5 nitrogen and oxygen atoms in total. The second-order valence-electron chi connectivity index (χ2n) is 7.14. The standard InChI is InChI=1S/C21H25N2O3/c1-23(7-10-25-11-8-23)9-12-26-18-4-6-20-19-5-3-17(24-2)13-16(19)15-22-21(20)14-18/h3-6,13-15H,7-12H2,1-2H3/q+1. The van der Waals surface area contributed by atoms with E-state index in [1.807, 2.05) is 30.5 Å². The molecule has 2 aromatic carbocycles. The quantitative estimate of drug-likeness (QED) is 0.521. The predicted octanol–water partition coefficient (Wildman–Crippen LogP) is 3.25. The van der Waals surface area contributed by atoms with Crippen LogP contribution < -0.4 is 9.47 Å². The number of fused-ring (bicyclic) bond motifs is 3. The van der Waals surface area contributed by atoms with Crippen molar-refractivity contribution in [3.05, 3.63) is 42.6 Å². The first-order valence-electron chi connectivity index (χ1n) is 9.07. The van der Waals surface area contributed by atoms with E-state index in [-0.39, 0.29) is 0 Å². The van der Waals surface area contributed by atoms with E-state index in [9.17, 15) is 0 Å². The normalized spacial score (nSPS) is 16.7. The van der Waals surface area contributed by atoms with Crippen LogP contribution >= 0.6 is 0 Å². The summed E-state index contributed by atoms with van der Waals surface area (Å²) < 4.78 is 17.8. The Labute approximate surface area is 153 Å². The maximum absolute atomic E-state index is 6.01. The van der Waals surface area contributed by atoms with Crippen LogP contribution in [0.25, 0.3) is 21.7 Å². The third-order valence-electron chi connectivity index (χ3n) is 5.31. The summed E-state index contributed by atoms with van der Waals surface area (Å²) in [4.78, 5) is 4.60. The molecule has 4 rings (SSSR count). The second-order valence-corrected chi connectivity index (χ2v) is 7.14. The molecule has 5 heteroatoms. The van der Waals surface area contributed by atoms with Crippen molar-refractivity contribution in [3.8, 4) is 11.5 Å². The Morgan fingerprint density at radius 2 is 1.81 bits per heavy atom. The molecule has 0 aliphatic carbocycles. The number of ether oxygens (including phenoxy) is 3. The molecule has 1 saturated heterocycles. The summed E-state index contributed by atoms with van der Waals surface area (Å²) in [5.41, 5.74) is 0.951. The molecule has 0 spiro atoms. The van der Waals surface area contributed by atoms with E-state index in [0.717, 1.165) is 65.1 Å². The zero-order chi connectivity index (χ0) is 18.0. The first-order valence-corrected chi connectivity index (χ1v) is 9.07. The highest BCUT2D eigenvalue weighted by atomic mass is 16.5. The molecule has 0 bridgehead atoms. The number of hydrogen-bond acceptors (Lipinski definition) is 4. The van der Waals surface area contributed by atoms with Gasteiger partial charge in [0.05, 0.1) is 32.9 Å². The Morgan fingerprint density at radius 3 is 2.62 bits per heavy atom. The molecular formula is C21H25N2O3+. The molecule has 0 radical (unpaired) electrons. The van der Waals surface area contributed by atoms with Gasteiger partial charge in [0.2, 0.25) is 0 Å². The van der Waals surface area contributed by atoms with Gasteiger partial charge < -0.3 is 18.7 Å². The van der Waals surface area contributed by atoms with Gasteiger partial charge in [-0.05, 0) is 35.7 Å². The number of likely N-dealkylation sites (N-methyl/N-ethyl adjacent to an activating group) is 1. The van der Waals surface area contributed by atoms with Gasteiger partial charge in [0.15, 0.2) is 0 Å². The summed E-state index contributed by atoms with van der Waals surface area (Å²) in [6, 6.07) is 12.2. The van der Waals surface area contributed by atoms with E-state index in [4.69, 9.17) is 14.2 Å². The van der Waals surface area contributed by atoms with Crippen molar-refractivity contribution in [2.45, 2.75) is 0 Å². The molecule has 1 aliphatic heterocycles. The van der Waals surface area contributed by atoms with Crippen LogP contribution in [-0.4, -0.2) is 63.1 Å². The molecule has 1 aromatic heterocycles. The lowest BCUT2D eigenvalue weighted by atomic mass is 10.1. The number of methoxy groups -OCH3 is 1. The Hall–Kier alpha value is -2.37. The molecule has 0 amide bonds. The van der Waals surface area contributed by atoms with Crippen molar-refractivity contribution < 1.29 is 18.7 Å². The minimum atomic E-state index is 0.701. The number of benzene rings is 2. The van der Waals surface area contributed by atoms with Crippen molar-refractivity contribution in [2.24, 2.45) is 0 Å². The molecule has 0 atom stereocenters. The highest BCUT2D eigenvalue weighted by Crippen LogP contribution is 2.29. The Bertz CT molecular complexity index is 920. The largest absolute Gasteiger partial charge is 0.497 e. The van der Waals surface area contributed by atoms with Gasteiger partial charge >= 0.3 is 0 Å². The molecule has 3 aromatic rings. The lowest BCUT2D eigenvalue weighted by Crippen LogP contribution is -2.53. The first-order chi connectivity index (χ1) is 12.7. The zero-order valence-electron chi connectivity index (χ0n) is 15.4. The summed E-state index contributed by atoms with van der Waals surface area (Å²) in [7, 11) is 3.95. The molecule has 0 unspecified atom stereocenters. The average Bonchev–Trinajstić information content (AvgIpc) is 2.67. The summed E-state index contributed by atoms with van der Waals surface area (Å²) in [5.74, 6) is 1.72. The van der Waals surface area contributed by atoms with E-state index in [0.29, 0.717) is 6.61 Å². The first kappa shape index (κ1) is 17.1. The van der Waals surface area contributed by atoms with E-state index in [2.05, 4.69) is 24.2 Å². The van der Waals surface area contributed by atoms with Crippen LogP contribution in [0.15, 0.2) is 42.6 Å². The summed E-state index contributed by atoms with van der Waals surface area (Å²) in [5, 5.41) is 3.38. The fourth-order valence-corrected chi connectivity index (χ4v) is 3.49. The zero-order valence-corrected chi connectivity index (χ0v) is 15.4. The average molecular weight is 353 g/mol. The lowest BCUT2D eigenvalue weighted by molar-refractivity contribution is -0.916. The Morgan fingerprint density at radius 1 is 1.04 bits per heavy atom. The van der Waals surface area contributed by atoms with Gasteiger partial charge in [-0.3, -0.25) is 4.98 Å². The van der Waals surface area contributed by atoms with Gasteiger partial charge in [0.25, 0.3) is 0 Å². The lowest BCUT2D eigenvalue weighted by Gasteiger charge is -2.37. The fourth-order valence-electron chi connectivity index (χ4n) is 3.49. The van der Waals surface area contributed by atoms with Crippen molar-refractivity contribution >= 4 is 21.7 Å². The topological polar surface area (TPSA) is 40.6 Å². The summed E-state index contributed by atoms with van der Waals surface area (Å²) in [6.45, 7) is 5.48. The number of rotatable bonds is 5. The van der Waals surface area contributed by atoms with Crippen LogP contribution in [0.4, 0.5) is 0 Å². The fraction of sp³-hybridized carbons (Fsp3) is 0.381. The number of quaternary nitrogens is 1. The van der Waals surface area contributed by atoms with E-state index >= 15 is 0 Å². The highest BCUT2D eigenvalue weighted by Gasteiger charge is 2.24. The third-order valence-corrected chi connectivity index (χ3v) is 5.31. The van der Waals surface area contributed by atoms with E-state index in [1.165, 1.54) is 5.39 Å². The number of aromatic nitrogens is 1. The van der Waals surface area contributed by atoms with Crippen molar-refractivity contribution in [2.75, 3.05) is 53.6 Å². The molecule has 1 aliphatic rings. The Balaban J connectivity index is 1.51. The third kappa shape index (κ3) is 3.45. The second kappa shape index (κ2) is 7.09. The minimum absolute atomic E-state index is 0.701. The number of hydrogen-bond donors (Lipinski definition) is 0. The molecule has 136 valence electrons. The maximum Gasteiger partial charge on any atom is 0.137 e. The molecule has 0 N–H and O–H groups in total. The van der Waals surface area contributed by atoms with Gasteiger partial charge in [-0.2, -0.15) is 0 Å². The molecule has 1 fully saturated rings. The van der Waals surface area contributed by atoms with E-state index in [1.54, 1.807) is 7.11 Å². The van der Waals surface area contributed by atoms with Gasteiger partial charge in [0.1, 0.15) is 37.7 Å². The minimum Gasteiger partial charge on any atom is -0.497 e. The van der Waals surface area contributed by atoms with Gasteiger partial charge in [0, 0.05) is 23.0 Å². The Kier molecular flexibility index (Phi) is 4.66. The molecular weight excluding hydrogens is 328 g/mol. The molecule has 2 heterocycles. The van der Waals surface area contributed by atoms with Gasteiger partial charge in [-0.1, -0.05) is 0 Å².